The van der Waals surface area contributed by atoms with E-state index in [-0.39, 0.29) is 42.1 Å². The maximum Gasteiger partial charge on any atom is 0.453 e. The fraction of sp³-hybridized carbons (Fsp3) is 0.618. The molecular formula is C34H45F5O4S. The number of carbonyl (C=O) groups is 1. The van der Waals surface area contributed by atoms with E-state index in [9.17, 15) is 42.1 Å². The van der Waals surface area contributed by atoms with E-state index < -0.39 is 29.9 Å². The zero-order chi connectivity index (χ0) is 32.6. The Kier molecular flexibility index (Phi) is 12.4. The van der Waals surface area contributed by atoms with E-state index in [1.165, 1.54) is 11.1 Å². The maximum absolute atomic E-state index is 13.1. The second kappa shape index (κ2) is 15.2. The van der Waals surface area contributed by atoms with Crippen LogP contribution in [0.15, 0.2) is 47.4 Å². The number of benzene rings is 2. The number of carboxylic acid groups (broad SMARTS) is 1. The molecule has 1 heterocycles. The van der Waals surface area contributed by atoms with Crippen molar-refractivity contribution in [3.05, 3.63) is 53.6 Å². The minimum atomic E-state index is -5.58. The highest BCUT2D eigenvalue weighted by Crippen LogP contribution is 2.52. The lowest BCUT2D eigenvalue weighted by molar-refractivity contribution is -0.284. The molecule has 0 fully saturated rings. The van der Waals surface area contributed by atoms with Crippen molar-refractivity contribution in [3.63, 3.8) is 0 Å². The first kappa shape index (κ1) is 36.0. The number of hydrogen-bond acceptors (Lipinski definition) is 4. The van der Waals surface area contributed by atoms with Crippen molar-refractivity contribution in [3.8, 4) is 11.5 Å². The Hall–Kier alpha value is -2.49. The fourth-order valence-electron chi connectivity index (χ4n) is 6.30. The van der Waals surface area contributed by atoms with Crippen LogP contribution in [0.25, 0.3) is 0 Å². The highest BCUT2D eigenvalue weighted by Gasteiger charge is 2.56. The molecule has 1 aliphatic heterocycles. The molecule has 10 heteroatoms. The van der Waals surface area contributed by atoms with Gasteiger partial charge in [0.1, 0.15) is 11.5 Å². The van der Waals surface area contributed by atoms with E-state index in [1.807, 2.05) is 24.3 Å². The number of alkyl halides is 5. The van der Waals surface area contributed by atoms with Crippen LogP contribution < -0.4 is 0 Å². The zero-order valence-corrected chi connectivity index (χ0v) is 26.4. The number of unbranched alkanes of at least 4 members (excludes halogenated alkanes) is 7. The third kappa shape index (κ3) is 9.27. The van der Waals surface area contributed by atoms with Crippen LogP contribution in [0.5, 0.6) is 11.5 Å². The molecule has 3 rings (SSSR count). The Morgan fingerprint density at radius 2 is 1.34 bits per heavy atom. The summed E-state index contributed by atoms with van der Waals surface area (Å²) in [6, 6.07) is 13.1. The van der Waals surface area contributed by atoms with Gasteiger partial charge in [-0.1, -0.05) is 76.5 Å². The Bertz CT molecular complexity index is 1220. The highest BCUT2D eigenvalue weighted by atomic mass is 32.2. The van der Waals surface area contributed by atoms with Crippen LogP contribution in [0.1, 0.15) is 114 Å². The maximum atomic E-state index is 13.1. The molecule has 44 heavy (non-hydrogen) atoms. The summed E-state index contributed by atoms with van der Waals surface area (Å²) in [5.74, 6) is -4.16. The van der Waals surface area contributed by atoms with Gasteiger partial charge in [0.25, 0.3) is 0 Å². The third-order valence-electron chi connectivity index (χ3n) is 9.32. The molecule has 0 aliphatic carbocycles. The van der Waals surface area contributed by atoms with Gasteiger partial charge >= 0.3 is 18.1 Å². The number of phenolic OH excluding ortho intramolecular Hbond substituents is 2. The average molecular weight is 645 g/mol. The van der Waals surface area contributed by atoms with Crippen molar-refractivity contribution >= 4 is 17.7 Å². The Morgan fingerprint density at radius 1 is 0.818 bits per heavy atom. The molecule has 2 aromatic rings. The standard InChI is InChI=1S/C34H45F5O4S/c1-31(30(42)43,20-10-11-21-33(35,36)34(37,38)39)19-9-7-5-3-4-6-8-12-28-27-18-17-26(41)22-29(27)44-23-32(28,2)24-13-15-25(40)16-14-24/h13-18,22,28,40-41H,3-12,19-21,23H2,1-2H3,(H,42,43). The average Bonchev–Trinajstić information content (AvgIpc) is 2.95. The van der Waals surface area contributed by atoms with Gasteiger partial charge in [-0.3, -0.25) is 4.79 Å². The molecule has 0 saturated carbocycles. The fourth-order valence-corrected chi connectivity index (χ4v) is 7.70. The second-order valence-corrected chi connectivity index (χ2v) is 13.8. The number of aliphatic carboxylic acids is 1. The van der Waals surface area contributed by atoms with Gasteiger partial charge in [0.15, 0.2) is 0 Å². The van der Waals surface area contributed by atoms with E-state index in [0.717, 1.165) is 55.6 Å². The van der Waals surface area contributed by atoms with Crippen molar-refractivity contribution < 1.29 is 42.1 Å². The van der Waals surface area contributed by atoms with Crippen LogP contribution >= 0.6 is 11.8 Å². The first-order valence-electron chi connectivity index (χ1n) is 15.5. The van der Waals surface area contributed by atoms with E-state index in [1.54, 1.807) is 36.9 Å². The smallest absolute Gasteiger partial charge is 0.453 e. The molecular weight excluding hydrogens is 599 g/mol. The van der Waals surface area contributed by atoms with Gasteiger partial charge in [-0.2, -0.15) is 22.0 Å². The summed E-state index contributed by atoms with van der Waals surface area (Å²) in [4.78, 5) is 12.9. The lowest BCUT2D eigenvalue weighted by Gasteiger charge is -2.43. The Morgan fingerprint density at radius 3 is 1.93 bits per heavy atom. The van der Waals surface area contributed by atoms with Crippen molar-refractivity contribution in [2.45, 2.75) is 126 Å². The van der Waals surface area contributed by atoms with Crippen LogP contribution in [-0.4, -0.2) is 39.1 Å². The molecule has 3 atom stereocenters. The summed E-state index contributed by atoms with van der Waals surface area (Å²) in [7, 11) is 0. The highest BCUT2D eigenvalue weighted by molar-refractivity contribution is 7.99. The van der Waals surface area contributed by atoms with Crippen molar-refractivity contribution in [1.29, 1.82) is 0 Å². The number of halogens is 5. The lowest BCUT2D eigenvalue weighted by Crippen LogP contribution is -2.36. The number of aromatic hydroxyl groups is 2. The van der Waals surface area contributed by atoms with E-state index in [2.05, 4.69) is 6.92 Å². The van der Waals surface area contributed by atoms with Gasteiger partial charge in [-0.25, -0.2) is 0 Å². The summed E-state index contributed by atoms with van der Waals surface area (Å²) >= 11 is 1.75. The first-order valence-corrected chi connectivity index (χ1v) is 16.5. The molecule has 3 unspecified atom stereocenters. The van der Waals surface area contributed by atoms with Crippen LogP contribution in [0.2, 0.25) is 0 Å². The van der Waals surface area contributed by atoms with E-state index in [0.29, 0.717) is 12.8 Å². The number of phenols is 2. The number of thioether (sulfide) groups is 1. The van der Waals surface area contributed by atoms with Crippen LogP contribution in [-0.2, 0) is 10.2 Å². The first-order chi connectivity index (χ1) is 20.6. The molecule has 0 saturated heterocycles. The monoisotopic (exact) mass is 644 g/mol. The third-order valence-corrected chi connectivity index (χ3v) is 10.7. The number of hydrogen-bond donors (Lipinski definition) is 3. The predicted molar refractivity (Wildman–Crippen MR) is 164 cm³/mol. The molecule has 0 spiro atoms. The predicted octanol–water partition coefficient (Wildman–Crippen LogP) is 10.6. The number of fused-ring (bicyclic) bond motifs is 1. The molecule has 0 radical (unpaired) electrons. The minimum Gasteiger partial charge on any atom is -0.508 e. The molecule has 4 nitrogen and oxygen atoms in total. The van der Waals surface area contributed by atoms with Crippen molar-refractivity contribution in [1.82, 2.24) is 0 Å². The molecule has 0 aromatic heterocycles. The molecule has 2 aromatic carbocycles. The second-order valence-electron chi connectivity index (χ2n) is 12.8. The normalized spacial score (nSPS) is 20.2. The van der Waals surface area contributed by atoms with Gasteiger partial charge in [0.05, 0.1) is 5.41 Å². The molecule has 0 amide bonds. The van der Waals surface area contributed by atoms with Gasteiger partial charge in [-0.05, 0) is 73.9 Å². The van der Waals surface area contributed by atoms with Crippen LogP contribution in [0.4, 0.5) is 22.0 Å². The largest absolute Gasteiger partial charge is 0.508 e. The van der Waals surface area contributed by atoms with Gasteiger partial charge in [-0.15, -0.1) is 11.8 Å². The number of carboxylic acids is 1. The van der Waals surface area contributed by atoms with Gasteiger partial charge < -0.3 is 15.3 Å². The summed E-state index contributed by atoms with van der Waals surface area (Å²) in [6.45, 7) is 3.82. The molecule has 3 N–H and O–H groups in total. The van der Waals surface area contributed by atoms with E-state index in [4.69, 9.17) is 0 Å². The number of rotatable bonds is 17. The summed E-state index contributed by atoms with van der Waals surface area (Å²) in [5.41, 5.74) is 1.16. The Balaban J connectivity index is 1.42. The van der Waals surface area contributed by atoms with Crippen LogP contribution in [0.3, 0.4) is 0 Å². The Labute approximate surface area is 261 Å². The van der Waals surface area contributed by atoms with Gasteiger partial charge in [0, 0.05) is 22.5 Å². The zero-order valence-electron chi connectivity index (χ0n) is 25.6. The topological polar surface area (TPSA) is 77.8 Å². The summed E-state index contributed by atoms with van der Waals surface area (Å²) in [5, 5.41) is 29.5. The molecule has 1 aliphatic rings. The van der Waals surface area contributed by atoms with Gasteiger partial charge in [0.2, 0.25) is 0 Å². The minimum absolute atomic E-state index is 0.00553. The summed E-state index contributed by atoms with van der Waals surface area (Å²) in [6.07, 6.45) is 0.739. The van der Waals surface area contributed by atoms with E-state index >= 15 is 0 Å². The summed E-state index contributed by atoms with van der Waals surface area (Å²) < 4.78 is 63.3. The molecule has 0 bridgehead atoms. The molecule has 246 valence electrons. The van der Waals surface area contributed by atoms with Crippen molar-refractivity contribution in [2.75, 3.05) is 5.75 Å². The SMILES string of the molecule is CC(CCCCCCCCCC1c2ccc(O)cc2SCC1(C)c1ccc(O)cc1)(CCCCC(F)(F)C(F)(F)F)C(=O)O. The van der Waals surface area contributed by atoms with Crippen LogP contribution in [0, 0.1) is 5.41 Å². The quantitative estimate of drug-likeness (QED) is 0.118. The van der Waals surface area contributed by atoms with Crippen molar-refractivity contribution in [2.24, 2.45) is 5.41 Å². The lowest BCUT2D eigenvalue weighted by atomic mass is 9.68.